The Kier molecular flexibility index (Phi) is 9.32. The van der Waals surface area contributed by atoms with Crippen molar-refractivity contribution in [3.05, 3.63) is 35.9 Å². The Balaban J connectivity index is 0.00000106. The molecule has 1 N–H and O–H groups in total. The lowest BCUT2D eigenvalue weighted by Crippen LogP contribution is -2.05. The number of unbranched alkanes of at least 4 members (excludes halogenated alkanes) is 2. The van der Waals surface area contributed by atoms with E-state index < -0.39 is 0 Å². The molecule has 0 amide bonds. The van der Waals surface area contributed by atoms with Gasteiger partial charge in [-0.3, -0.25) is 0 Å². The maximum atomic E-state index is 11.4. The smallest absolute Gasteiger partial charge is 0.338 e. The average Bonchev–Trinajstić information content (AvgIpc) is 2.38. The molecule has 0 radical (unpaired) electrons. The van der Waals surface area contributed by atoms with Gasteiger partial charge in [-0.1, -0.05) is 38.0 Å². The fourth-order valence-corrected chi connectivity index (χ4v) is 1.17. The quantitative estimate of drug-likeness (QED) is 0.617. The van der Waals surface area contributed by atoms with Crippen LogP contribution in [0.15, 0.2) is 30.3 Å². The van der Waals surface area contributed by atoms with E-state index in [1.54, 1.807) is 12.1 Å². The number of aliphatic hydroxyl groups excluding tert-OH is 1. The van der Waals surface area contributed by atoms with Crippen molar-refractivity contribution in [3.8, 4) is 0 Å². The molecule has 0 bridgehead atoms. The molecule has 0 aromatic heterocycles. The van der Waals surface area contributed by atoms with Crippen LogP contribution in [0.2, 0.25) is 0 Å². The van der Waals surface area contributed by atoms with Gasteiger partial charge in [0.15, 0.2) is 0 Å². The van der Waals surface area contributed by atoms with E-state index in [2.05, 4.69) is 6.92 Å². The van der Waals surface area contributed by atoms with Gasteiger partial charge < -0.3 is 9.84 Å². The van der Waals surface area contributed by atoms with E-state index in [9.17, 15) is 4.79 Å². The standard InChI is InChI=1S/C12H16O2.CH4O/c1-2-3-7-10-14-12(13)11-8-5-4-6-9-11;1-2/h4-6,8-9H,2-3,7,10H2,1H3;2H,1H3. The summed E-state index contributed by atoms with van der Waals surface area (Å²) in [5.41, 5.74) is 0.629. The van der Waals surface area contributed by atoms with Gasteiger partial charge in [-0.2, -0.15) is 0 Å². The summed E-state index contributed by atoms with van der Waals surface area (Å²) in [6.45, 7) is 2.65. The predicted molar refractivity (Wildman–Crippen MR) is 64.4 cm³/mol. The summed E-state index contributed by atoms with van der Waals surface area (Å²) in [5, 5.41) is 7.00. The average molecular weight is 224 g/mol. The maximum Gasteiger partial charge on any atom is 0.338 e. The lowest BCUT2D eigenvalue weighted by Gasteiger charge is -2.03. The Morgan fingerprint density at radius 3 is 2.38 bits per heavy atom. The number of hydrogen-bond acceptors (Lipinski definition) is 3. The molecule has 90 valence electrons. The van der Waals surface area contributed by atoms with E-state index >= 15 is 0 Å². The summed E-state index contributed by atoms with van der Waals surface area (Å²) in [6, 6.07) is 9.09. The van der Waals surface area contributed by atoms with Crippen molar-refractivity contribution in [2.45, 2.75) is 26.2 Å². The van der Waals surface area contributed by atoms with Gasteiger partial charge >= 0.3 is 5.97 Å². The van der Waals surface area contributed by atoms with Crippen LogP contribution in [0, 0.1) is 0 Å². The van der Waals surface area contributed by atoms with Crippen LogP contribution in [0.5, 0.6) is 0 Å². The van der Waals surface area contributed by atoms with Crippen LogP contribution < -0.4 is 0 Å². The first kappa shape index (κ1) is 14.6. The lowest BCUT2D eigenvalue weighted by molar-refractivity contribution is 0.0498. The molecule has 0 saturated carbocycles. The van der Waals surface area contributed by atoms with E-state index in [4.69, 9.17) is 9.84 Å². The van der Waals surface area contributed by atoms with Gasteiger partial charge in [-0.15, -0.1) is 0 Å². The first-order valence-corrected chi connectivity index (χ1v) is 5.51. The van der Waals surface area contributed by atoms with Gasteiger partial charge in [0.05, 0.1) is 12.2 Å². The molecule has 1 aromatic rings. The Morgan fingerprint density at radius 2 is 1.81 bits per heavy atom. The summed E-state index contributed by atoms with van der Waals surface area (Å²) in [5.74, 6) is -0.221. The number of hydrogen-bond donors (Lipinski definition) is 1. The monoisotopic (exact) mass is 224 g/mol. The highest BCUT2D eigenvalue weighted by Crippen LogP contribution is 2.02. The zero-order chi connectivity index (χ0) is 12.2. The fraction of sp³-hybridized carbons (Fsp3) is 0.462. The minimum atomic E-state index is -0.221. The van der Waals surface area contributed by atoms with Crippen LogP contribution in [0.4, 0.5) is 0 Å². The lowest BCUT2D eigenvalue weighted by atomic mass is 10.2. The van der Waals surface area contributed by atoms with Gasteiger partial charge in [0.2, 0.25) is 0 Å². The molecule has 0 aliphatic carbocycles. The molecule has 1 rings (SSSR count). The second-order valence-electron chi connectivity index (χ2n) is 3.21. The molecule has 3 nitrogen and oxygen atoms in total. The number of esters is 1. The summed E-state index contributed by atoms with van der Waals surface area (Å²) >= 11 is 0. The summed E-state index contributed by atoms with van der Waals surface area (Å²) in [6.07, 6.45) is 3.21. The summed E-state index contributed by atoms with van der Waals surface area (Å²) < 4.78 is 5.09. The third-order valence-electron chi connectivity index (χ3n) is 1.99. The third-order valence-corrected chi connectivity index (χ3v) is 1.99. The van der Waals surface area contributed by atoms with Crippen LogP contribution in [0.1, 0.15) is 36.5 Å². The summed E-state index contributed by atoms with van der Waals surface area (Å²) in [7, 11) is 1.00. The molecular formula is C13H20O3. The van der Waals surface area contributed by atoms with Crippen LogP contribution in [0.25, 0.3) is 0 Å². The van der Waals surface area contributed by atoms with Crippen molar-refractivity contribution >= 4 is 5.97 Å². The third kappa shape index (κ3) is 6.19. The SMILES string of the molecule is CCCCCOC(=O)c1ccccc1.CO. The number of ether oxygens (including phenoxy) is 1. The van der Waals surface area contributed by atoms with Crippen LogP contribution in [-0.4, -0.2) is 24.8 Å². The number of carbonyl (C=O) groups is 1. The van der Waals surface area contributed by atoms with E-state index in [1.165, 1.54) is 0 Å². The second kappa shape index (κ2) is 10.2. The van der Waals surface area contributed by atoms with Crippen molar-refractivity contribution in [1.82, 2.24) is 0 Å². The highest BCUT2D eigenvalue weighted by Gasteiger charge is 2.04. The Morgan fingerprint density at radius 1 is 1.19 bits per heavy atom. The normalized spacial score (nSPS) is 8.94. The molecular weight excluding hydrogens is 204 g/mol. The molecule has 3 heteroatoms. The molecule has 0 saturated heterocycles. The summed E-state index contributed by atoms with van der Waals surface area (Å²) in [4.78, 5) is 11.4. The van der Waals surface area contributed by atoms with E-state index in [0.29, 0.717) is 12.2 Å². The highest BCUT2D eigenvalue weighted by atomic mass is 16.5. The maximum absolute atomic E-state index is 11.4. The highest BCUT2D eigenvalue weighted by molar-refractivity contribution is 5.89. The first-order chi connectivity index (χ1) is 7.84. The van der Waals surface area contributed by atoms with Gasteiger partial charge in [0, 0.05) is 7.11 Å². The molecule has 0 unspecified atom stereocenters. The minimum absolute atomic E-state index is 0.221. The number of carbonyl (C=O) groups excluding carboxylic acids is 1. The van der Waals surface area contributed by atoms with Crippen molar-refractivity contribution < 1.29 is 14.6 Å². The molecule has 0 aliphatic rings. The molecule has 0 heterocycles. The van der Waals surface area contributed by atoms with Crippen molar-refractivity contribution in [3.63, 3.8) is 0 Å². The largest absolute Gasteiger partial charge is 0.462 e. The van der Waals surface area contributed by atoms with Gasteiger partial charge in [0.1, 0.15) is 0 Å². The molecule has 0 spiro atoms. The predicted octanol–water partition coefficient (Wildman–Crippen LogP) is 2.64. The van der Waals surface area contributed by atoms with E-state index in [-0.39, 0.29) is 5.97 Å². The van der Waals surface area contributed by atoms with Crippen molar-refractivity contribution in [1.29, 1.82) is 0 Å². The van der Waals surface area contributed by atoms with Crippen molar-refractivity contribution in [2.75, 3.05) is 13.7 Å². The fourth-order valence-electron chi connectivity index (χ4n) is 1.17. The minimum Gasteiger partial charge on any atom is -0.462 e. The van der Waals surface area contributed by atoms with Crippen LogP contribution in [0.3, 0.4) is 0 Å². The zero-order valence-electron chi connectivity index (χ0n) is 9.98. The molecule has 16 heavy (non-hydrogen) atoms. The topological polar surface area (TPSA) is 46.5 Å². The molecule has 1 aromatic carbocycles. The van der Waals surface area contributed by atoms with Gasteiger partial charge in [-0.25, -0.2) is 4.79 Å². The van der Waals surface area contributed by atoms with Gasteiger partial charge in [0.25, 0.3) is 0 Å². The zero-order valence-corrected chi connectivity index (χ0v) is 9.98. The van der Waals surface area contributed by atoms with Crippen LogP contribution >= 0.6 is 0 Å². The van der Waals surface area contributed by atoms with Gasteiger partial charge in [-0.05, 0) is 18.6 Å². The Hall–Kier alpha value is -1.35. The van der Waals surface area contributed by atoms with E-state index in [1.807, 2.05) is 18.2 Å². The molecule has 0 aliphatic heterocycles. The number of rotatable bonds is 5. The Labute approximate surface area is 97.1 Å². The number of benzene rings is 1. The van der Waals surface area contributed by atoms with E-state index in [0.717, 1.165) is 26.4 Å². The first-order valence-electron chi connectivity index (χ1n) is 5.51. The van der Waals surface area contributed by atoms with Crippen molar-refractivity contribution in [2.24, 2.45) is 0 Å². The molecule has 0 atom stereocenters. The Bertz CT molecular complexity index is 270. The molecule has 0 fully saturated rings. The number of aliphatic hydroxyl groups is 1. The van der Waals surface area contributed by atoms with Crippen LogP contribution in [-0.2, 0) is 4.74 Å². The second-order valence-corrected chi connectivity index (χ2v) is 3.21.